The average molecular weight is 389 g/mol. The molecule has 5 heteroatoms. The van der Waals surface area contributed by atoms with Crippen LogP contribution in [0, 0.1) is 6.92 Å². The molecule has 4 nitrogen and oxygen atoms in total. The average Bonchev–Trinajstić information content (AvgIpc) is 2.58. The summed E-state index contributed by atoms with van der Waals surface area (Å²) in [6.07, 6.45) is 0.0193. The second-order valence-electron chi connectivity index (χ2n) is 5.38. The van der Waals surface area contributed by atoms with Gasteiger partial charge in [0.2, 0.25) is 0 Å². The number of rotatable bonds is 7. The number of benzene rings is 2. The maximum Gasteiger partial charge on any atom is 0.306 e. The Labute approximate surface area is 149 Å². The zero-order valence-electron chi connectivity index (χ0n) is 13.3. The first-order valence-electron chi connectivity index (χ1n) is 7.50. The summed E-state index contributed by atoms with van der Waals surface area (Å²) >= 11 is 3.28. The second-order valence-corrected chi connectivity index (χ2v) is 6.30. The van der Waals surface area contributed by atoms with Gasteiger partial charge in [-0.3, -0.25) is 14.4 Å². The van der Waals surface area contributed by atoms with Crippen molar-refractivity contribution in [3.05, 3.63) is 69.7 Å². The van der Waals surface area contributed by atoms with Crippen LogP contribution in [0.15, 0.2) is 53.0 Å². The Balaban J connectivity index is 1.78. The van der Waals surface area contributed by atoms with Crippen LogP contribution in [0.25, 0.3) is 0 Å². The molecule has 2 aromatic carbocycles. The van der Waals surface area contributed by atoms with E-state index >= 15 is 0 Å². The molecule has 0 aliphatic heterocycles. The smallest absolute Gasteiger partial charge is 0.306 e. The number of esters is 1. The minimum atomic E-state index is -0.557. The number of carbonyl (C=O) groups excluding carboxylic acids is 3. The number of ketones is 2. The van der Waals surface area contributed by atoms with E-state index in [1.807, 2.05) is 19.1 Å². The molecule has 0 saturated carbocycles. The van der Waals surface area contributed by atoms with Gasteiger partial charge in [-0.05, 0) is 19.1 Å². The number of aryl methyl sites for hydroxylation is 1. The van der Waals surface area contributed by atoms with Crippen molar-refractivity contribution in [2.24, 2.45) is 0 Å². The van der Waals surface area contributed by atoms with E-state index < -0.39 is 5.97 Å². The summed E-state index contributed by atoms with van der Waals surface area (Å²) in [4.78, 5) is 35.6. The van der Waals surface area contributed by atoms with Gasteiger partial charge in [-0.15, -0.1) is 0 Å². The lowest BCUT2D eigenvalue weighted by molar-refractivity contribution is -0.142. The van der Waals surface area contributed by atoms with Crippen molar-refractivity contribution in [1.82, 2.24) is 0 Å². The molecule has 0 aliphatic carbocycles. The quantitative estimate of drug-likeness (QED) is 0.527. The predicted molar refractivity (Wildman–Crippen MR) is 94.2 cm³/mol. The predicted octanol–water partition coefficient (Wildman–Crippen LogP) is 4.15. The van der Waals surface area contributed by atoms with Gasteiger partial charge in [-0.1, -0.05) is 57.9 Å². The van der Waals surface area contributed by atoms with E-state index in [4.69, 9.17) is 4.74 Å². The first kappa shape index (κ1) is 18.1. The maximum atomic E-state index is 12.0. The molecule has 0 radical (unpaired) electrons. The lowest BCUT2D eigenvalue weighted by atomic mass is 10.1. The molecule has 124 valence electrons. The number of hydrogen-bond acceptors (Lipinski definition) is 4. The van der Waals surface area contributed by atoms with E-state index in [1.165, 1.54) is 0 Å². The summed E-state index contributed by atoms with van der Waals surface area (Å²) < 4.78 is 5.73. The third-order valence-electron chi connectivity index (χ3n) is 3.44. The van der Waals surface area contributed by atoms with Crippen molar-refractivity contribution in [2.75, 3.05) is 6.61 Å². The third-order valence-corrected chi connectivity index (χ3v) is 3.93. The molecule has 0 amide bonds. The van der Waals surface area contributed by atoms with Gasteiger partial charge in [0, 0.05) is 22.0 Å². The van der Waals surface area contributed by atoms with Crippen LogP contribution in [0.5, 0.6) is 0 Å². The molecule has 0 heterocycles. The van der Waals surface area contributed by atoms with Gasteiger partial charge in [0.05, 0.1) is 6.42 Å². The first-order valence-corrected chi connectivity index (χ1v) is 8.29. The zero-order chi connectivity index (χ0) is 17.5. The molecule has 0 bridgehead atoms. The van der Waals surface area contributed by atoms with Gasteiger partial charge in [0.15, 0.2) is 18.2 Å². The Morgan fingerprint density at radius 2 is 1.62 bits per heavy atom. The largest absolute Gasteiger partial charge is 0.457 e. The monoisotopic (exact) mass is 388 g/mol. The molecule has 2 aromatic rings. The topological polar surface area (TPSA) is 60.4 Å². The Morgan fingerprint density at radius 3 is 2.29 bits per heavy atom. The summed E-state index contributed by atoms with van der Waals surface area (Å²) in [6, 6.07) is 14.0. The number of carbonyl (C=O) groups is 3. The molecule has 0 atom stereocenters. The minimum absolute atomic E-state index is 0.0432. The summed E-state index contributed by atoms with van der Waals surface area (Å²) in [5.74, 6) is -0.960. The fourth-order valence-electron chi connectivity index (χ4n) is 2.06. The van der Waals surface area contributed by atoms with Crippen molar-refractivity contribution in [1.29, 1.82) is 0 Å². The fourth-order valence-corrected chi connectivity index (χ4v) is 2.46. The number of Topliss-reactive ketones (excluding diaryl/α,β-unsaturated/α-hetero) is 2. The Morgan fingerprint density at radius 1 is 0.917 bits per heavy atom. The Kier molecular flexibility index (Phi) is 6.44. The van der Waals surface area contributed by atoms with Crippen molar-refractivity contribution < 1.29 is 19.1 Å². The van der Waals surface area contributed by atoms with Crippen LogP contribution in [0.4, 0.5) is 0 Å². The van der Waals surface area contributed by atoms with Crippen LogP contribution in [0.2, 0.25) is 0 Å². The van der Waals surface area contributed by atoms with Gasteiger partial charge in [-0.25, -0.2) is 0 Å². The molecular formula is C19H17BrO4. The molecule has 0 N–H and O–H groups in total. The maximum absolute atomic E-state index is 12.0. The molecule has 24 heavy (non-hydrogen) atoms. The molecular weight excluding hydrogens is 372 g/mol. The highest BCUT2D eigenvalue weighted by Gasteiger charge is 2.13. The summed E-state index contributed by atoms with van der Waals surface area (Å²) in [6.45, 7) is 1.61. The van der Waals surface area contributed by atoms with E-state index in [0.717, 1.165) is 10.0 Å². The van der Waals surface area contributed by atoms with Crippen molar-refractivity contribution in [2.45, 2.75) is 19.8 Å². The lowest BCUT2D eigenvalue weighted by Crippen LogP contribution is -2.15. The molecule has 0 unspecified atom stereocenters. The van der Waals surface area contributed by atoms with Crippen LogP contribution in [-0.4, -0.2) is 24.1 Å². The number of halogens is 1. The van der Waals surface area contributed by atoms with Gasteiger partial charge in [0.1, 0.15) is 0 Å². The fraction of sp³-hybridized carbons (Fsp3) is 0.211. The molecule has 0 spiro atoms. The molecule has 0 aliphatic rings. The first-order chi connectivity index (χ1) is 11.5. The van der Waals surface area contributed by atoms with Crippen LogP contribution in [-0.2, 0) is 9.53 Å². The zero-order valence-corrected chi connectivity index (χ0v) is 14.8. The Hall–Kier alpha value is -2.27. The molecule has 0 saturated heterocycles. The highest BCUT2D eigenvalue weighted by molar-refractivity contribution is 9.10. The highest BCUT2D eigenvalue weighted by atomic mass is 79.9. The van der Waals surface area contributed by atoms with Gasteiger partial charge < -0.3 is 4.74 Å². The molecule has 2 rings (SSSR count). The highest BCUT2D eigenvalue weighted by Crippen LogP contribution is 2.12. The van der Waals surface area contributed by atoms with Crippen LogP contribution in [0.1, 0.15) is 39.1 Å². The van der Waals surface area contributed by atoms with E-state index in [1.54, 1.807) is 36.4 Å². The summed E-state index contributed by atoms with van der Waals surface area (Å²) in [7, 11) is 0. The third kappa shape index (κ3) is 5.42. The van der Waals surface area contributed by atoms with Crippen molar-refractivity contribution >= 4 is 33.5 Å². The van der Waals surface area contributed by atoms with E-state index in [9.17, 15) is 14.4 Å². The van der Waals surface area contributed by atoms with E-state index in [2.05, 4.69) is 15.9 Å². The van der Waals surface area contributed by atoms with E-state index in [0.29, 0.717) is 11.1 Å². The second kappa shape index (κ2) is 8.55. The molecule has 0 aromatic heterocycles. The number of hydrogen-bond donors (Lipinski definition) is 0. The van der Waals surface area contributed by atoms with Crippen LogP contribution in [0.3, 0.4) is 0 Å². The van der Waals surface area contributed by atoms with Gasteiger partial charge in [0.25, 0.3) is 0 Å². The van der Waals surface area contributed by atoms with Crippen LogP contribution < -0.4 is 0 Å². The molecule has 0 fully saturated rings. The summed E-state index contributed by atoms with van der Waals surface area (Å²) in [5, 5.41) is 0. The minimum Gasteiger partial charge on any atom is -0.457 e. The SMILES string of the molecule is Cc1ccc(C(=O)CCC(=O)OCC(=O)c2cccc(Br)c2)cc1. The summed E-state index contributed by atoms with van der Waals surface area (Å²) in [5.41, 5.74) is 2.10. The number of ether oxygens (including phenoxy) is 1. The van der Waals surface area contributed by atoms with Crippen molar-refractivity contribution in [3.8, 4) is 0 Å². The lowest BCUT2D eigenvalue weighted by Gasteiger charge is -2.05. The standard InChI is InChI=1S/C19H17BrO4/c1-13-5-7-14(8-6-13)17(21)9-10-19(23)24-12-18(22)15-3-2-4-16(20)11-15/h2-8,11H,9-10,12H2,1H3. The van der Waals surface area contributed by atoms with Crippen LogP contribution >= 0.6 is 15.9 Å². The Bertz CT molecular complexity index is 750. The normalized spacial score (nSPS) is 10.2. The van der Waals surface area contributed by atoms with Crippen molar-refractivity contribution in [3.63, 3.8) is 0 Å². The van der Waals surface area contributed by atoms with Gasteiger partial charge in [-0.2, -0.15) is 0 Å². The van der Waals surface area contributed by atoms with Gasteiger partial charge >= 0.3 is 5.97 Å². The van der Waals surface area contributed by atoms with E-state index in [-0.39, 0.29) is 31.0 Å².